The summed E-state index contributed by atoms with van der Waals surface area (Å²) in [6.07, 6.45) is 17.0. The molecule has 1 saturated carbocycles. The number of benzene rings is 3. The second-order valence-corrected chi connectivity index (χ2v) is 20.0. The lowest BCUT2D eigenvalue weighted by Crippen LogP contribution is -2.57. The number of aryl methyl sites for hydroxylation is 2. The SMILES string of the molecule is COC(=O)N[C@H](C(=O)N1CCC[C@H]1c1ncc(-c2ccc3c(c2)CCc2cc(-c4ccc5nc([C@@H]6[C@H]7CC[C@H](C7)N6C(=O)[C@H](NC(=O)OC)C6(C)C=CC=CC6)[nH]c5c4)ccc2-3)[nH]1)C1CCOCC1. The lowest BCUT2D eigenvalue weighted by Gasteiger charge is -2.41. The van der Waals surface area contributed by atoms with Gasteiger partial charge in [0.25, 0.3) is 0 Å². The maximum Gasteiger partial charge on any atom is 0.407 e. The van der Waals surface area contributed by atoms with E-state index in [-0.39, 0.29) is 41.8 Å². The smallest absolute Gasteiger partial charge is 0.407 e. The number of ether oxygens (including phenoxy) is 3. The quantitative estimate of drug-likeness (QED) is 0.107. The lowest BCUT2D eigenvalue weighted by molar-refractivity contribution is -0.140. The molecule has 6 aliphatic rings. The molecule has 1 unspecified atom stereocenters. The minimum Gasteiger partial charge on any atom is -0.453 e. The summed E-state index contributed by atoms with van der Waals surface area (Å²) in [7, 11) is 2.65. The van der Waals surface area contributed by atoms with E-state index in [1.807, 2.05) is 47.2 Å². The summed E-state index contributed by atoms with van der Waals surface area (Å²) < 4.78 is 15.5. The molecule has 0 spiro atoms. The molecule has 4 fully saturated rings. The molecule has 358 valence electrons. The normalized spacial score (nSPS) is 24.7. The highest BCUT2D eigenvalue weighted by Crippen LogP contribution is 2.51. The number of nitrogens with zero attached hydrogens (tertiary/aromatic N) is 4. The molecule has 3 saturated heterocycles. The van der Waals surface area contributed by atoms with Gasteiger partial charge in [0, 0.05) is 31.2 Å². The number of likely N-dealkylation sites (tertiary alicyclic amines) is 2. The van der Waals surface area contributed by atoms with Gasteiger partial charge in [-0.3, -0.25) is 9.59 Å². The van der Waals surface area contributed by atoms with Crippen molar-refractivity contribution in [3.05, 3.63) is 108 Å². The zero-order valence-corrected chi connectivity index (χ0v) is 39.5. The van der Waals surface area contributed by atoms with Crippen LogP contribution in [0.1, 0.15) is 93.1 Å². The molecule has 15 nitrogen and oxygen atoms in total. The van der Waals surface area contributed by atoms with E-state index in [4.69, 9.17) is 24.2 Å². The highest BCUT2D eigenvalue weighted by Gasteiger charge is 2.53. The molecule has 15 heteroatoms. The summed E-state index contributed by atoms with van der Waals surface area (Å²) in [5, 5.41) is 5.74. The summed E-state index contributed by atoms with van der Waals surface area (Å²) in [5.41, 5.74) is 10.4. The van der Waals surface area contributed by atoms with Gasteiger partial charge in [0.15, 0.2) is 0 Å². The minimum atomic E-state index is -0.790. The van der Waals surface area contributed by atoms with Crippen molar-refractivity contribution in [2.75, 3.05) is 34.0 Å². The van der Waals surface area contributed by atoms with E-state index in [0.29, 0.717) is 39.0 Å². The van der Waals surface area contributed by atoms with E-state index in [1.54, 1.807) is 0 Å². The van der Waals surface area contributed by atoms with E-state index in [1.165, 1.54) is 36.5 Å². The number of rotatable bonds is 10. The molecule has 7 atom stereocenters. The Morgan fingerprint density at radius 3 is 2.29 bits per heavy atom. The topological polar surface area (TPSA) is 184 Å². The van der Waals surface area contributed by atoms with E-state index in [0.717, 1.165) is 90.0 Å². The molecule has 2 aromatic heterocycles. The first-order valence-corrected chi connectivity index (χ1v) is 24.6. The Bertz CT molecular complexity index is 2880. The van der Waals surface area contributed by atoms with E-state index in [2.05, 4.69) is 75.2 Å². The fourth-order valence-corrected chi connectivity index (χ4v) is 12.3. The average Bonchev–Trinajstić information content (AvgIpc) is 4.26. The van der Waals surface area contributed by atoms with Crippen molar-refractivity contribution in [2.45, 2.75) is 101 Å². The fourth-order valence-electron chi connectivity index (χ4n) is 12.3. The number of hydrogen-bond acceptors (Lipinski definition) is 9. The highest BCUT2D eigenvalue weighted by atomic mass is 16.5. The molecule has 5 heterocycles. The van der Waals surface area contributed by atoms with Crippen molar-refractivity contribution in [3.63, 3.8) is 0 Å². The Morgan fingerprint density at radius 1 is 0.812 bits per heavy atom. The maximum atomic E-state index is 14.7. The first-order valence-electron chi connectivity index (χ1n) is 24.6. The van der Waals surface area contributed by atoms with Crippen molar-refractivity contribution in [1.82, 2.24) is 40.4 Å². The van der Waals surface area contributed by atoms with Crippen LogP contribution in [0.25, 0.3) is 44.5 Å². The van der Waals surface area contributed by atoms with Crippen molar-refractivity contribution in [3.8, 4) is 33.5 Å². The molecule has 3 aromatic carbocycles. The number of carbonyl (C=O) groups is 4. The van der Waals surface area contributed by atoms with Crippen LogP contribution < -0.4 is 10.6 Å². The molecule has 11 rings (SSSR count). The zero-order valence-electron chi connectivity index (χ0n) is 39.5. The predicted molar refractivity (Wildman–Crippen MR) is 260 cm³/mol. The number of nitrogens with one attached hydrogen (secondary N) is 4. The monoisotopic (exact) mass is 932 g/mol. The Balaban J connectivity index is 0.804. The third kappa shape index (κ3) is 8.27. The minimum absolute atomic E-state index is 0.0262. The van der Waals surface area contributed by atoms with Gasteiger partial charge < -0.3 is 44.6 Å². The van der Waals surface area contributed by atoms with Gasteiger partial charge in [0.2, 0.25) is 11.8 Å². The van der Waals surface area contributed by atoms with Crippen LogP contribution in [0.3, 0.4) is 0 Å². The number of imidazole rings is 2. The zero-order chi connectivity index (χ0) is 47.4. The maximum absolute atomic E-state index is 14.7. The molecular formula is C54H60N8O7. The van der Waals surface area contributed by atoms with Gasteiger partial charge in [-0.2, -0.15) is 0 Å². The van der Waals surface area contributed by atoms with Crippen LogP contribution in [0.2, 0.25) is 0 Å². The first kappa shape index (κ1) is 44.7. The van der Waals surface area contributed by atoms with E-state index in [9.17, 15) is 19.2 Å². The standard InChI is InChI=1S/C54H60N8O7/c1-54(21-5-4-6-22-54)47(60-53(66)68-3)51(64)62-38-15-11-37(28-38)46(62)49-56-41-18-14-33(29-42(41)57-49)32-12-16-39-34(26-32)9-10-35-27-36(13-17-40(35)39)43-30-55-48(58-43)44-8-7-23-61(44)50(63)45(59-52(65)67-2)31-19-24-69-25-20-31/h4-6,12-14,16-18,21,26-27,29-31,37-38,44-47H,7-11,15,19-20,22-25,28H2,1-3H3,(H,55,58)(H,56,57)(H,59,65)(H,60,66)/t37-,38+,44-,45-,46-,47-,54?/m0/s1. The fraction of sp³-hybridized carbons (Fsp3) is 0.444. The van der Waals surface area contributed by atoms with Gasteiger partial charge in [-0.25, -0.2) is 19.6 Å². The van der Waals surface area contributed by atoms with E-state index >= 15 is 0 Å². The van der Waals surface area contributed by atoms with E-state index < -0.39 is 29.7 Å². The molecule has 69 heavy (non-hydrogen) atoms. The van der Waals surface area contributed by atoms with Crippen LogP contribution in [0.4, 0.5) is 9.59 Å². The Labute approximate surface area is 401 Å². The lowest BCUT2D eigenvalue weighted by atomic mass is 9.76. The number of alkyl carbamates (subject to hydrolysis) is 2. The Hall–Kier alpha value is -6.74. The third-order valence-corrected chi connectivity index (χ3v) is 16.0. The summed E-state index contributed by atoms with van der Waals surface area (Å²) in [6.45, 7) is 3.74. The molecule has 3 aliphatic carbocycles. The molecule has 2 bridgehead atoms. The largest absolute Gasteiger partial charge is 0.453 e. The Kier molecular flexibility index (Phi) is 11.9. The molecule has 3 aliphatic heterocycles. The summed E-state index contributed by atoms with van der Waals surface area (Å²) in [6, 6.07) is 17.9. The van der Waals surface area contributed by atoms with Gasteiger partial charge in [0.05, 0.1) is 49.2 Å². The van der Waals surface area contributed by atoms with Crippen molar-refractivity contribution in [2.24, 2.45) is 17.3 Å². The van der Waals surface area contributed by atoms with Gasteiger partial charge >= 0.3 is 12.2 Å². The first-order chi connectivity index (χ1) is 33.6. The van der Waals surface area contributed by atoms with Crippen LogP contribution in [-0.4, -0.2) is 106 Å². The number of hydrogen-bond donors (Lipinski definition) is 4. The van der Waals surface area contributed by atoms with Crippen molar-refractivity contribution in [1.29, 1.82) is 0 Å². The predicted octanol–water partition coefficient (Wildman–Crippen LogP) is 8.50. The summed E-state index contributed by atoms with van der Waals surface area (Å²) >= 11 is 0. The van der Waals surface area contributed by atoms with Gasteiger partial charge in [-0.1, -0.05) is 67.6 Å². The van der Waals surface area contributed by atoms with Crippen LogP contribution in [-0.2, 0) is 36.6 Å². The number of carbonyl (C=O) groups excluding carboxylic acids is 4. The van der Waals surface area contributed by atoms with Crippen molar-refractivity contribution >= 4 is 35.0 Å². The Morgan fingerprint density at radius 2 is 1.54 bits per heavy atom. The highest BCUT2D eigenvalue weighted by molar-refractivity contribution is 5.89. The molecular weight excluding hydrogens is 873 g/mol. The van der Waals surface area contributed by atoms with Crippen LogP contribution in [0, 0.1) is 17.3 Å². The average molecular weight is 933 g/mol. The molecule has 4 N–H and O–H groups in total. The number of fused-ring (bicyclic) bond motifs is 6. The number of H-pyrrole nitrogens is 2. The number of methoxy groups -OCH3 is 2. The number of aromatic nitrogens is 4. The van der Waals surface area contributed by atoms with Crippen LogP contribution in [0.5, 0.6) is 0 Å². The number of allylic oxidation sites excluding steroid dienone is 3. The summed E-state index contributed by atoms with van der Waals surface area (Å²) in [5.74, 6) is 1.59. The number of amides is 4. The van der Waals surface area contributed by atoms with Crippen molar-refractivity contribution < 1.29 is 33.4 Å². The third-order valence-electron chi connectivity index (χ3n) is 16.0. The number of aromatic amines is 2. The van der Waals surface area contributed by atoms with Gasteiger partial charge in [-0.05, 0) is 133 Å². The molecule has 4 amide bonds. The van der Waals surface area contributed by atoms with Crippen LogP contribution in [0.15, 0.2) is 85.1 Å². The second-order valence-electron chi connectivity index (χ2n) is 20.0. The molecule has 5 aromatic rings. The van der Waals surface area contributed by atoms with Gasteiger partial charge in [-0.15, -0.1) is 0 Å². The van der Waals surface area contributed by atoms with Crippen LogP contribution >= 0.6 is 0 Å². The number of piperidine rings is 1. The summed E-state index contributed by atoms with van der Waals surface area (Å²) in [4.78, 5) is 74.8. The van der Waals surface area contributed by atoms with Gasteiger partial charge in [0.1, 0.15) is 23.7 Å². The second kappa shape index (κ2) is 18.3. The molecule has 0 radical (unpaired) electrons.